The molecule has 0 bridgehead atoms. The Labute approximate surface area is 304 Å². The molecule has 0 saturated carbocycles. The highest BCUT2D eigenvalue weighted by Crippen LogP contribution is 2.56. The van der Waals surface area contributed by atoms with Gasteiger partial charge in [0.15, 0.2) is 0 Å². The van der Waals surface area contributed by atoms with Crippen LogP contribution >= 0.6 is 0 Å². The normalized spacial score (nSPS) is 10.3. The molecule has 0 aromatic heterocycles. The van der Waals surface area contributed by atoms with Crippen LogP contribution in [0.25, 0.3) is 0 Å². The molecule has 252 valence electrons. The van der Waals surface area contributed by atoms with Gasteiger partial charge in [-0.25, -0.2) is 0 Å². The van der Waals surface area contributed by atoms with E-state index in [1.807, 2.05) is 0 Å². The van der Waals surface area contributed by atoms with Crippen molar-refractivity contribution in [3.63, 3.8) is 0 Å². The van der Waals surface area contributed by atoms with Gasteiger partial charge in [0.2, 0.25) is 5.41 Å². The van der Waals surface area contributed by atoms with Gasteiger partial charge in [-0.05, 0) is 107 Å². The van der Waals surface area contributed by atoms with E-state index in [1.165, 1.54) is 0 Å². The third-order valence-electron chi connectivity index (χ3n) is 7.62. The van der Waals surface area contributed by atoms with Crippen molar-refractivity contribution < 1.29 is 26.3 Å². The SMILES string of the molecule is C#CC#CC#CC#Cc1cc(C(c2ccc(C#Cc3ccccc3)c(C#Cc3ccccc3)c2)(C(F)(F)F)C(F)(F)F)ccc1C#Cc1ccccc1. The molecule has 0 aliphatic rings. The first-order valence-electron chi connectivity index (χ1n) is 15.6. The smallest absolute Gasteiger partial charge is 0.169 e. The van der Waals surface area contributed by atoms with E-state index in [9.17, 15) is 0 Å². The van der Waals surface area contributed by atoms with E-state index in [4.69, 9.17) is 6.42 Å². The largest absolute Gasteiger partial charge is 0.411 e. The average Bonchev–Trinajstić information content (AvgIpc) is 3.15. The molecule has 0 saturated heterocycles. The van der Waals surface area contributed by atoms with Crippen LogP contribution in [0.2, 0.25) is 0 Å². The molecule has 0 atom stereocenters. The molecule has 0 unspecified atom stereocenters. The fourth-order valence-electron chi connectivity index (χ4n) is 5.17. The Hall–Kier alpha value is -7.40. The maximum absolute atomic E-state index is 15.4. The van der Waals surface area contributed by atoms with Gasteiger partial charge in [-0.15, -0.1) is 6.42 Å². The molecule has 0 radical (unpaired) electrons. The summed E-state index contributed by atoms with van der Waals surface area (Å²) in [6.45, 7) is 0. The lowest BCUT2D eigenvalue weighted by atomic mass is 9.71. The average molecular weight is 701 g/mol. The van der Waals surface area contributed by atoms with E-state index in [-0.39, 0.29) is 22.3 Å². The van der Waals surface area contributed by atoms with Crippen LogP contribution in [-0.4, -0.2) is 12.4 Å². The fraction of sp³-hybridized carbons (Fsp3) is 0.0638. The van der Waals surface area contributed by atoms with E-state index in [0.717, 1.165) is 36.4 Å². The van der Waals surface area contributed by atoms with Crippen molar-refractivity contribution in [3.8, 4) is 83.4 Å². The standard InChI is InChI=1S/C47H22F6/c1-2-3-4-5-6-16-23-41-34-43(32-30-39(41)27-24-36-17-10-7-11-18-36)45(46(48,49)50,47(51,52)53)44-33-31-40(28-25-37-19-12-8-13-20-37)42(35-44)29-26-38-21-14-9-15-22-38/h1,7-15,17-22,30-35H. The second-order valence-electron chi connectivity index (χ2n) is 11.0. The van der Waals surface area contributed by atoms with Crippen LogP contribution in [0.3, 0.4) is 0 Å². The Morgan fingerprint density at radius 2 is 0.717 bits per heavy atom. The van der Waals surface area contributed by atoms with Crippen molar-refractivity contribution in [1.82, 2.24) is 0 Å². The molecular formula is C47H22F6. The maximum atomic E-state index is 15.4. The topological polar surface area (TPSA) is 0 Å². The Balaban J connectivity index is 1.77. The summed E-state index contributed by atoms with van der Waals surface area (Å²) in [6.07, 6.45) is -6.71. The van der Waals surface area contributed by atoms with E-state index in [2.05, 4.69) is 77.0 Å². The van der Waals surface area contributed by atoms with E-state index < -0.39 is 28.9 Å². The quantitative estimate of drug-likeness (QED) is 0.127. The van der Waals surface area contributed by atoms with Gasteiger partial charge >= 0.3 is 12.4 Å². The van der Waals surface area contributed by atoms with Crippen LogP contribution in [0.15, 0.2) is 127 Å². The molecule has 0 heterocycles. The molecular weight excluding hydrogens is 679 g/mol. The van der Waals surface area contributed by atoms with Crippen molar-refractivity contribution in [1.29, 1.82) is 0 Å². The Morgan fingerprint density at radius 1 is 0.358 bits per heavy atom. The first-order valence-corrected chi connectivity index (χ1v) is 15.6. The second-order valence-corrected chi connectivity index (χ2v) is 11.0. The summed E-state index contributed by atoms with van der Waals surface area (Å²) in [7, 11) is 0. The molecule has 5 rings (SSSR count). The minimum absolute atomic E-state index is 0.0841. The lowest BCUT2D eigenvalue weighted by Gasteiger charge is -2.38. The first-order chi connectivity index (χ1) is 25.5. The highest BCUT2D eigenvalue weighted by atomic mass is 19.4. The van der Waals surface area contributed by atoms with E-state index >= 15 is 26.3 Å². The van der Waals surface area contributed by atoms with Gasteiger partial charge in [0, 0.05) is 38.9 Å². The molecule has 0 N–H and O–H groups in total. The Kier molecular flexibility index (Phi) is 11.5. The molecule has 5 aromatic rings. The zero-order valence-corrected chi connectivity index (χ0v) is 27.5. The van der Waals surface area contributed by atoms with Gasteiger partial charge in [0.25, 0.3) is 0 Å². The summed E-state index contributed by atoms with van der Waals surface area (Å²) in [4.78, 5) is 0. The summed E-state index contributed by atoms with van der Waals surface area (Å²) in [5, 5.41) is 0. The fourth-order valence-corrected chi connectivity index (χ4v) is 5.17. The van der Waals surface area contributed by atoms with Crippen molar-refractivity contribution in [2.75, 3.05) is 0 Å². The summed E-state index contributed by atoms with van der Waals surface area (Å²) >= 11 is 0. The number of halogens is 6. The van der Waals surface area contributed by atoms with Crippen LogP contribution in [-0.2, 0) is 5.41 Å². The third-order valence-corrected chi connectivity index (χ3v) is 7.62. The van der Waals surface area contributed by atoms with Gasteiger partial charge < -0.3 is 0 Å². The Morgan fingerprint density at radius 3 is 1.11 bits per heavy atom. The molecule has 0 aliphatic carbocycles. The van der Waals surface area contributed by atoms with Crippen molar-refractivity contribution >= 4 is 0 Å². The number of hydrogen-bond acceptors (Lipinski definition) is 0. The summed E-state index contributed by atoms with van der Waals surface area (Å²) in [5.74, 6) is 33.4. The van der Waals surface area contributed by atoms with Crippen molar-refractivity contribution in [3.05, 3.63) is 177 Å². The highest BCUT2D eigenvalue weighted by Gasteiger charge is 2.72. The second kappa shape index (κ2) is 16.5. The first kappa shape index (κ1) is 36.9. The van der Waals surface area contributed by atoms with Gasteiger partial charge in [0.1, 0.15) is 0 Å². The Bertz CT molecular complexity index is 2540. The van der Waals surface area contributed by atoms with Crippen LogP contribution in [0.4, 0.5) is 26.3 Å². The summed E-state index contributed by atoms with van der Waals surface area (Å²) < 4.78 is 92.5. The van der Waals surface area contributed by atoms with Gasteiger partial charge in [-0.3, -0.25) is 0 Å². The summed E-state index contributed by atoms with van der Waals surface area (Å²) in [6, 6.07) is 31.2. The third kappa shape index (κ3) is 8.86. The maximum Gasteiger partial charge on any atom is 0.411 e. The highest BCUT2D eigenvalue weighted by molar-refractivity contribution is 5.61. The van der Waals surface area contributed by atoms with Crippen LogP contribution in [0.5, 0.6) is 0 Å². The van der Waals surface area contributed by atoms with Gasteiger partial charge in [0.05, 0.1) is 0 Å². The predicted molar refractivity (Wildman–Crippen MR) is 194 cm³/mol. The van der Waals surface area contributed by atoms with Crippen molar-refractivity contribution in [2.24, 2.45) is 0 Å². The molecule has 0 nitrogen and oxygen atoms in total. The molecule has 5 aromatic carbocycles. The number of hydrogen-bond donors (Lipinski definition) is 0. The van der Waals surface area contributed by atoms with Crippen molar-refractivity contribution in [2.45, 2.75) is 17.8 Å². The van der Waals surface area contributed by atoms with Crippen LogP contribution in [0.1, 0.15) is 50.1 Å². The lowest BCUT2D eigenvalue weighted by molar-refractivity contribution is -0.288. The number of alkyl halides is 6. The zero-order valence-electron chi connectivity index (χ0n) is 27.5. The molecule has 6 heteroatoms. The van der Waals surface area contributed by atoms with Gasteiger partial charge in [-0.2, -0.15) is 26.3 Å². The minimum atomic E-state index is -5.89. The zero-order chi connectivity index (χ0) is 37.7. The molecule has 0 spiro atoms. The number of benzene rings is 5. The molecule has 0 aliphatic heterocycles. The summed E-state index contributed by atoms with van der Waals surface area (Å²) in [5.41, 5.74) is -5.19. The minimum Gasteiger partial charge on any atom is -0.169 e. The molecule has 53 heavy (non-hydrogen) atoms. The van der Waals surface area contributed by atoms with E-state index in [1.54, 1.807) is 91.0 Å². The predicted octanol–water partition coefficient (Wildman–Crippen LogP) is 9.29. The van der Waals surface area contributed by atoms with Gasteiger partial charge in [-0.1, -0.05) is 108 Å². The number of terminal acetylenes is 1. The lowest BCUT2D eigenvalue weighted by Crippen LogP contribution is -2.54. The molecule has 0 amide bonds. The number of rotatable bonds is 2. The molecule has 0 fully saturated rings. The van der Waals surface area contributed by atoms with Crippen LogP contribution in [0, 0.1) is 83.4 Å². The van der Waals surface area contributed by atoms with Crippen LogP contribution < -0.4 is 0 Å². The van der Waals surface area contributed by atoms with E-state index in [0.29, 0.717) is 16.7 Å². The monoisotopic (exact) mass is 700 g/mol.